The molecule has 6 heteroatoms. The Morgan fingerprint density at radius 3 is 2.55 bits per heavy atom. The lowest BCUT2D eigenvalue weighted by Gasteiger charge is -2.30. The maximum Gasteiger partial charge on any atom is 0.225 e. The first-order valence-electron chi connectivity index (χ1n) is 10.7. The molecule has 1 heterocycles. The average Bonchev–Trinajstić information content (AvgIpc) is 3.21. The van der Waals surface area contributed by atoms with Crippen LogP contribution in [-0.2, 0) is 4.79 Å². The Morgan fingerprint density at radius 1 is 1.07 bits per heavy atom. The molecule has 2 aromatic rings. The van der Waals surface area contributed by atoms with E-state index >= 15 is 0 Å². The lowest BCUT2D eigenvalue weighted by Crippen LogP contribution is -2.40. The van der Waals surface area contributed by atoms with Gasteiger partial charge in [-0.3, -0.25) is 4.79 Å². The van der Waals surface area contributed by atoms with Crippen molar-refractivity contribution in [1.29, 1.82) is 0 Å². The number of hydrogen-bond donors (Lipinski definition) is 2. The Morgan fingerprint density at radius 2 is 1.83 bits per heavy atom. The van der Waals surface area contributed by atoms with Crippen molar-refractivity contribution in [2.45, 2.75) is 57.0 Å². The number of nitrogens with one attached hydrogen (secondary N) is 2. The zero-order chi connectivity index (χ0) is 20.2. The van der Waals surface area contributed by atoms with E-state index in [2.05, 4.69) is 28.9 Å². The third-order valence-corrected chi connectivity index (χ3v) is 5.99. The van der Waals surface area contributed by atoms with E-state index in [1.165, 1.54) is 0 Å². The predicted octanol–water partition coefficient (Wildman–Crippen LogP) is 3.89. The van der Waals surface area contributed by atoms with E-state index in [9.17, 15) is 4.79 Å². The minimum absolute atomic E-state index is 0.200. The molecular formula is C23H31N5O. The van der Waals surface area contributed by atoms with Gasteiger partial charge in [-0.25, -0.2) is 4.98 Å². The van der Waals surface area contributed by atoms with Gasteiger partial charge >= 0.3 is 0 Å². The summed E-state index contributed by atoms with van der Waals surface area (Å²) in [6.07, 6.45) is 11.3. The number of hydrogen-bond acceptors (Lipinski definition) is 5. The van der Waals surface area contributed by atoms with Crippen molar-refractivity contribution >= 4 is 28.6 Å². The van der Waals surface area contributed by atoms with Crippen molar-refractivity contribution in [1.82, 2.24) is 15.3 Å². The van der Waals surface area contributed by atoms with E-state index in [0.717, 1.165) is 55.2 Å². The van der Waals surface area contributed by atoms with Crippen LogP contribution in [0, 0.1) is 5.92 Å². The van der Waals surface area contributed by atoms with Crippen LogP contribution in [0.5, 0.6) is 0 Å². The van der Waals surface area contributed by atoms with Gasteiger partial charge in [0, 0.05) is 38.0 Å². The number of amides is 1. The molecule has 2 aliphatic carbocycles. The summed E-state index contributed by atoms with van der Waals surface area (Å²) in [4.78, 5) is 23.8. The zero-order valence-corrected chi connectivity index (χ0v) is 17.4. The maximum absolute atomic E-state index is 12.3. The molecule has 1 fully saturated rings. The van der Waals surface area contributed by atoms with Gasteiger partial charge in [-0.05, 0) is 56.6 Å². The smallest absolute Gasteiger partial charge is 0.225 e. The van der Waals surface area contributed by atoms with Crippen molar-refractivity contribution in [3.8, 4) is 0 Å². The summed E-state index contributed by atoms with van der Waals surface area (Å²) < 4.78 is 0. The first-order chi connectivity index (χ1) is 14.1. The van der Waals surface area contributed by atoms with E-state index in [-0.39, 0.29) is 5.91 Å². The van der Waals surface area contributed by atoms with Crippen molar-refractivity contribution in [2.24, 2.45) is 5.92 Å². The highest BCUT2D eigenvalue weighted by atomic mass is 16.1. The topological polar surface area (TPSA) is 70.2 Å². The third-order valence-electron chi connectivity index (χ3n) is 5.99. The van der Waals surface area contributed by atoms with Crippen molar-refractivity contribution in [2.75, 3.05) is 24.3 Å². The van der Waals surface area contributed by atoms with Gasteiger partial charge in [0.15, 0.2) is 0 Å². The monoisotopic (exact) mass is 393 g/mol. The first kappa shape index (κ1) is 19.7. The third kappa shape index (κ3) is 4.86. The molecule has 2 N–H and O–H groups in total. The van der Waals surface area contributed by atoms with E-state index in [1.807, 2.05) is 37.2 Å². The van der Waals surface area contributed by atoms with Gasteiger partial charge in [-0.2, -0.15) is 4.98 Å². The van der Waals surface area contributed by atoms with Gasteiger partial charge < -0.3 is 15.5 Å². The van der Waals surface area contributed by atoms with Crippen LogP contribution in [0.2, 0.25) is 0 Å². The summed E-state index contributed by atoms with van der Waals surface area (Å²) in [5, 5.41) is 7.83. The van der Waals surface area contributed by atoms with E-state index in [1.54, 1.807) is 0 Å². The summed E-state index contributed by atoms with van der Waals surface area (Å²) in [5.41, 5.74) is 0.954. The van der Waals surface area contributed by atoms with Crippen LogP contribution in [-0.4, -0.2) is 42.1 Å². The Labute approximate surface area is 172 Å². The van der Waals surface area contributed by atoms with Crippen molar-refractivity contribution in [3.63, 3.8) is 0 Å². The van der Waals surface area contributed by atoms with Crippen LogP contribution in [0.15, 0.2) is 36.4 Å². The molecule has 0 bridgehead atoms. The Bertz CT molecular complexity index is 886. The van der Waals surface area contributed by atoms with Crippen molar-refractivity contribution in [3.05, 3.63) is 36.4 Å². The number of allylic oxidation sites excluding steroid dienone is 2. The quantitative estimate of drug-likeness (QED) is 0.729. The molecule has 1 aromatic carbocycles. The number of nitrogens with zero attached hydrogens (tertiary/aromatic N) is 3. The molecule has 1 saturated carbocycles. The summed E-state index contributed by atoms with van der Waals surface area (Å²) in [6.45, 7) is 0. The number of rotatable bonds is 6. The molecule has 1 unspecified atom stereocenters. The molecule has 1 aromatic heterocycles. The maximum atomic E-state index is 12.3. The summed E-state index contributed by atoms with van der Waals surface area (Å²) in [7, 11) is 4.02. The average molecular weight is 394 g/mol. The van der Waals surface area contributed by atoms with Gasteiger partial charge in [0.25, 0.3) is 0 Å². The number of aromatic nitrogens is 2. The molecular weight excluding hydrogens is 362 g/mol. The molecule has 6 nitrogen and oxygen atoms in total. The standard InChI is InChI=1S/C23H31N5O/c1-28(2)22-19-9-5-6-10-20(19)26-23(27-22)25-18-13-11-17(12-14-18)24-21(29)15-16-7-3-4-8-16/h3,5-7,9-10,16-18H,4,8,11-15H2,1-2H3,(H,24,29)(H,25,26,27)/t16?,17-,18+. The molecule has 4 rings (SSSR count). The van der Waals surface area contributed by atoms with Gasteiger partial charge in [-0.15, -0.1) is 0 Å². The van der Waals surface area contributed by atoms with Gasteiger partial charge in [-0.1, -0.05) is 24.3 Å². The molecule has 2 aliphatic rings. The molecule has 0 aliphatic heterocycles. The van der Waals surface area contributed by atoms with Crippen LogP contribution >= 0.6 is 0 Å². The Balaban J connectivity index is 1.32. The molecule has 0 spiro atoms. The van der Waals surface area contributed by atoms with Gasteiger partial charge in [0.1, 0.15) is 5.82 Å². The fraction of sp³-hybridized carbons (Fsp3) is 0.522. The second kappa shape index (κ2) is 8.80. The second-order valence-corrected chi connectivity index (χ2v) is 8.51. The number of fused-ring (bicyclic) bond motifs is 1. The van der Waals surface area contributed by atoms with Gasteiger partial charge in [0.2, 0.25) is 11.9 Å². The van der Waals surface area contributed by atoms with Crippen LogP contribution in [0.3, 0.4) is 0 Å². The highest BCUT2D eigenvalue weighted by Crippen LogP contribution is 2.27. The second-order valence-electron chi connectivity index (χ2n) is 8.51. The number of carbonyl (C=O) groups is 1. The minimum atomic E-state index is 0.200. The summed E-state index contributed by atoms with van der Waals surface area (Å²) in [5.74, 6) is 2.25. The number of para-hydroxylation sites is 1. The largest absolute Gasteiger partial charge is 0.362 e. The van der Waals surface area contributed by atoms with E-state index in [0.29, 0.717) is 30.4 Å². The van der Waals surface area contributed by atoms with Crippen LogP contribution in [0.4, 0.5) is 11.8 Å². The molecule has 0 radical (unpaired) electrons. The Hall–Kier alpha value is -2.63. The molecule has 0 saturated heterocycles. The van der Waals surface area contributed by atoms with E-state index in [4.69, 9.17) is 9.97 Å². The number of anilines is 2. The fourth-order valence-electron chi connectivity index (χ4n) is 4.42. The number of benzene rings is 1. The summed E-state index contributed by atoms with van der Waals surface area (Å²) >= 11 is 0. The van der Waals surface area contributed by atoms with Crippen LogP contribution in [0.25, 0.3) is 10.9 Å². The van der Waals surface area contributed by atoms with Gasteiger partial charge in [0.05, 0.1) is 5.52 Å². The lowest BCUT2D eigenvalue weighted by molar-refractivity contribution is -0.122. The minimum Gasteiger partial charge on any atom is -0.362 e. The zero-order valence-electron chi connectivity index (χ0n) is 17.4. The summed E-state index contributed by atoms with van der Waals surface area (Å²) in [6, 6.07) is 8.75. The van der Waals surface area contributed by atoms with Crippen LogP contribution < -0.4 is 15.5 Å². The lowest BCUT2D eigenvalue weighted by atomic mass is 9.91. The Kier molecular flexibility index (Phi) is 5.97. The molecule has 154 valence electrons. The SMILES string of the molecule is CN(C)c1nc(N[C@H]2CC[C@@H](NC(=O)CC3C=CCC3)CC2)nc2ccccc12. The fourth-order valence-corrected chi connectivity index (χ4v) is 4.42. The molecule has 29 heavy (non-hydrogen) atoms. The van der Waals surface area contributed by atoms with E-state index < -0.39 is 0 Å². The van der Waals surface area contributed by atoms with Crippen molar-refractivity contribution < 1.29 is 4.79 Å². The predicted molar refractivity (Wildman–Crippen MR) is 118 cm³/mol. The molecule has 1 atom stereocenters. The highest BCUT2D eigenvalue weighted by molar-refractivity contribution is 5.90. The molecule has 1 amide bonds. The highest BCUT2D eigenvalue weighted by Gasteiger charge is 2.24. The first-order valence-corrected chi connectivity index (χ1v) is 10.7. The number of carbonyl (C=O) groups excluding carboxylic acids is 1. The van der Waals surface area contributed by atoms with Crippen LogP contribution in [0.1, 0.15) is 44.9 Å². The normalized spacial score (nSPS) is 23.9.